The largest absolute Gasteiger partial charge is 0.389 e. The number of hydrogen-bond acceptors (Lipinski definition) is 7. The van der Waals surface area contributed by atoms with Gasteiger partial charge >= 0.3 is 0 Å². The molecule has 8 atom stereocenters. The lowest BCUT2D eigenvalue weighted by Crippen LogP contribution is -2.63. The van der Waals surface area contributed by atoms with Crippen molar-refractivity contribution in [2.24, 2.45) is 34.5 Å². The fourth-order valence-electron chi connectivity index (χ4n) is 9.76. The first-order chi connectivity index (χ1) is 18.1. The second-order valence-electron chi connectivity index (χ2n) is 14.5. The number of hydrogen-bond donors (Lipinski definition) is 3. The summed E-state index contributed by atoms with van der Waals surface area (Å²) in [5, 5.41) is 23.8. The molecule has 3 N–H and O–H groups in total. The minimum absolute atomic E-state index is 0.0525. The van der Waals surface area contributed by atoms with Crippen LogP contribution in [-0.2, 0) is 9.57 Å². The van der Waals surface area contributed by atoms with Crippen LogP contribution < -0.4 is 5.48 Å². The van der Waals surface area contributed by atoms with E-state index >= 15 is 0 Å². The maximum atomic E-state index is 12.4. The standard InChI is InChI=1S/C31H57N3O4/c1-28-14-15-30(35,37-20-7-18-34-16-5-6-17-34)22-24(28)8-9-27-26(28)11-12-29(2)25(10-13-31(27,29)36)23-32-38-21-19-33(3)4/h24-27,32,35-36H,5-23H2,1-4H3/t24-,25-,26+,27-,28+,29-,30+,31+/m1/s1. The third-order valence-electron chi connectivity index (χ3n) is 12.3. The third kappa shape index (κ3) is 5.47. The Labute approximate surface area is 231 Å². The van der Waals surface area contributed by atoms with Crippen molar-refractivity contribution in [3.8, 4) is 0 Å². The van der Waals surface area contributed by atoms with Crippen LogP contribution in [0.25, 0.3) is 0 Å². The van der Waals surface area contributed by atoms with Gasteiger partial charge in [0.1, 0.15) is 0 Å². The number of nitrogens with one attached hydrogen (secondary N) is 1. The predicted molar refractivity (Wildman–Crippen MR) is 150 cm³/mol. The molecule has 0 aromatic heterocycles. The summed E-state index contributed by atoms with van der Waals surface area (Å²) in [6.45, 7) is 11.5. The normalized spacial score (nSPS) is 45.2. The molecule has 4 saturated carbocycles. The predicted octanol–water partition coefficient (Wildman–Crippen LogP) is 4.03. The van der Waals surface area contributed by atoms with Crippen LogP contribution in [-0.4, -0.2) is 91.4 Å². The second kappa shape index (κ2) is 11.5. The Kier molecular flexibility index (Phi) is 8.87. The molecule has 220 valence electrons. The molecule has 1 heterocycles. The zero-order valence-corrected chi connectivity index (χ0v) is 24.8. The summed E-state index contributed by atoms with van der Waals surface area (Å²) in [4.78, 5) is 10.4. The molecule has 0 spiro atoms. The Morgan fingerprint density at radius 3 is 2.47 bits per heavy atom. The zero-order chi connectivity index (χ0) is 27.0. The smallest absolute Gasteiger partial charge is 0.165 e. The molecule has 5 rings (SSSR count). The summed E-state index contributed by atoms with van der Waals surface area (Å²) in [6.07, 6.45) is 12.6. The van der Waals surface area contributed by atoms with Crippen LogP contribution in [0.1, 0.15) is 90.9 Å². The molecule has 0 bridgehead atoms. The average molecular weight is 536 g/mol. The van der Waals surface area contributed by atoms with Crippen molar-refractivity contribution in [1.29, 1.82) is 0 Å². The van der Waals surface area contributed by atoms with Gasteiger partial charge in [-0.15, -0.1) is 0 Å². The molecule has 4 aliphatic carbocycles. The van der Waals surface area contributed by atoms with Crippen LogP contribution >= 0.6 is 0 Å². The van der Waals surface area contributed by atoms with Crippen molar-refractivity contribution in [3.05, 3.63) is 0 Å². The topological polar surface area (TPSA) is 77.4 Å². The molecule has 5 aliphatic rings. The number of hydroxylamine groups is 1. The Morgan fingerprint density at radius 1 is 0.921 bits per heavy atom. The molecule has 0 radical (unpaired) electrons. The van der Waals surface area contributed by atoms with Gasteiger partial charge in [0, 0.05) is 37.9 Å². The molecular weight excluding hydrogens is 478 g/mol. The summed E-state index contributed by atoms with van der Waals surface area (Å²) in [5.41, 5.74) is 2.80. The number of ether oxygens (including phenoxy) is 1. The van der Waals surface area contributed by atoms with Gasteiger partial charge in [0.05, 0.1) is 18.8 Å². The molecule has 1 aliphatic heterocycles. The summed E-state index contributed by atoms with van der Waals surface area (Å²) in [7, 11) is 4.12. The highest BCUT2D eigenvalue weighted by Gasteiger charge is 2.67. The number of likely N-dealkylation sites (tertiary alicyclic amines) is 1. The van der Waals surface area contributed by atoms with E-state index < -0.39 is 11.4 Å². The lowest BCUT2D eigenvalue weighted by atomic mass is 9.43. The number of fused-ring (bicyclic) bond motifs is 5. The average Bonchev–Trinajstić information content (AvgIpc) is 3.48. The zero-order valence-electron chi connectivity index (χ0n) is 24.8. The van der Waals surface area contributed by atoms with E-state index in [4.69, 9.17) is 9.57 Å². The highest BCUT2D eigenvalue weighted by molar-refractivity contribution is 5.17. The fourth-order valence-corrected chi connectivity index (χ4v) is 9.76. The van der Waals surface area contributed by atoms with E-state index in [-0.39, 0.29) is 10.8 Å². The summed E-state index contributed by atoms with van der Waals surface area (Å²) >= 11 is 0. The SMILES string of the molecule is CN(C)CCONC[C@H]1CC[C@]2(O)[C@@H]3CC[C@@H]4C[C@@](O)(OCCCN5CCCC5)CC[C@]4(C)[C@H]3CC[C@]12C. The van der Waals surface area contributed by atoms with Crippen LogP contribution in [0.15, 0.2) is 0 Å². The molecule has 5 fully saturated rings. The van der Waals surface area contributed by atoms with Crippen molar-refractivity contribution >= 4 is 0 Å². The number of nitrogens with zero attached hydrogens (tertiary/aromatic N) is 2. The van der Waals surface area contributed by atoms with Crippen LogP contribution in [0.2, 0.25) is 0 Å². The molecule has 7 heteroatoms. The molecule has 7 nitrogen and oxygen atoms in total. The van der Waals surface area contributed by atoms with Gasteiger partial charge in [-0.3, -0.25) is 0 Å². The van der Waals surface area contributed by atoms with Crippen molar-refractivity contribution in [2.45, 2.75) is 102 Å². The summed E-state index contributed by atoms with van der Waals surface area (Å²) in [5.74, 6) is 0.886. The van der Waals surface area contributed by atoms with E-state index in [9.17, 15) is 10.2 Å². The Morgan fingerprint density at radius 2 is 1.71 bits per heavy atom. The highest BCUT2D eigenvalue weighted by Crippen LogP contribution is 2.69. The first-order valence-corrected chi connectivity index (χ1v) is 15.9. The second-order valence-corrected chi connectivity index (χ2v) is 14.5. The van der Waals surface area contributed by atoms with Gasteiger partial charge in [0.25, 0.3) is 0 Å². The quantitative estimate of drug-likeness (QED) is 0.209. The molecule has 1 saturated heterocycles. The van der Waals surface area contributed by atoms with Crippen molar-refractivity contribution in [3.63, 3.8) is 0 Å². The van der Waals surface area contributed by atoms with Gasteiger partial charge in [-0.2, -0.15) is 0 Å². The van der Waals surface area contributed by atoms with Gasteiger partial charge in [-0.1, -0.05) is 13.8 Å². The van der Waals surface area contributed by atoms with Crippen LogP contribution in [0.5, 0.6) is 0 Å². The Bertz CT molecular complexity index is 793. The maximum Gasteiger partial charge on any atom is 0.165 e. The van der Waals surface area contributed by atoms with E-state index in [1.807, 2.05) is 0 Å². The third-order valence-corrected chi connectivity index (χ3v) is 12.3. The van der Waals surface area contributed by atoms with Gasteiger partial charge in [0.15, 0.2) is 5.79 Å². The van der Waals surface area contributed by atoms with Crippen molar-refractivity contribution in [1.82, 2.24) is 15.3 Å². The molecule has 0 unspecified atom stereocenters. The van der Waals surface area contributed by atoms with Crippen molar-refractivity contribution < 1.29 is 19.8 Å². The molecule has 0 aromatic carbocycles. The molecule has 0 aromatic rings. The Balaban J connectivity index is 1.16. The molecule has 38 heavy (non-hydrogen) atoms. The van der Waals surface area contributed by atoms with Gasteiger partial charge in [0.2, 0.25) is 0 Å². The first kappa shape index (κ1) is 29.2. The fraction of sp³-hybridized carbons (Fsp3) is 1.00. The van der Waals surface area contributed by atoms with Gasteiger partial charge < -0.3 is 29.6 Å². The van der Waals surface area contributed by atoms with Crippen molar-refractivity contribution in [2.75, 3.05) is 60.0 Å². The lowest BCUT2D eigenvalue weighted by Gasteiger charge is -2.64. The van der Waals surface area contributed by atoms with E-state index in [0.29, 0.717) is 36.9 Å². The Hall–Kier alpha value is -0.280. The minimum Gasteiger partial charge on any atom is -0.389 e. The number of rotatable bonds is 11. The van der Waals surface area contributed by atoms with Gasteiger partial charge in [-0.05, 0) is 120 Å². The first-order valence-electron chi connectivity index (χ1n) is 15.9. The number of likely N-dealkylation sites (N-methyl/N-ethyl adjacent to an activating group) is 1. The number of aliphatic hydroxyl groups is 2. The van der Waals surface area contributed by atoms with E-state index in [2.05, 4.69) is 43.2 Å². The highest BCUT2D eigenvalue weighted by atomic mass is 16.6. The summed E-state index contributed by atoms with van der Waals surface area (Å²) in [6, 6.07) is 0. The van der Waals surface area contributed by atoms with Crippen LogP contribution in [0.4, 0.5) is 0 Å². The molecular formula is C31H57N3O4. The lowest BCUT2D eigenvalue weighted by molar-refractivity contribution is -0.270. The van der Waals surface area contributed by atoms with Gasteiger partial charge in [-0.25, -0.2) is 5.48 Å². The van der Waals surface area contributed by atoms with E-state index in [0.717, 1.165) is 77.4 Å². The van der Waals surface area contributed by atoms with Crippen LogP contribution in [0, 0.1) is 34.5 Å². The minimum atomic E-state index is -0.960. The molecule has 0 amide bonds. The van der Waals surface area contributed by atoms with E-state index in [1.165, 1.54) is 32.4 Å². The van der Waals surface area contributed by atoms with E-state index in [1.54, 1.807) is 0 Å². The monoisotopic (exact) mass is 535 g/mol. The maximum absolute atomic E-state index is 12.4. The van der Waals surface area contributed by atoms with Crippen LogP contribution in [0.3, 0.4) is 0 Å². The summed E-state index contributed by atoms with van der Waals surface area (Å²) < 4.78 is 6.21.